The Balaban J connectivity index is 2.07. The average molecular weight is 278 g/mol. The largest absolute Gasteiger partial charge is 0.506 e. The maximum absolute atomic E-state index is 9.49. The van der Waals surface area contributed by atoms with Crippen LogP contribution in [-0.4, -0.2) is 10.1 Å². The Morgan fingerprint density at radius 3 is 2.74 bits per heavy atom. The molecule has 0 unspecified atom stereocenters. The second kappa shape index (κ2) is 5.09. The highest BCUT2D eigenvalue weighted by atomic mass is 32.1. The average Bonchev–Trinajstić information content (AvgIpc) is 2.79. The third-order valence-corrected chi connectivity index (χ3v) is 3.54. The van der Waals surface area contributed by atoms with Crippen LogP contribution in [0.15, 0.2) is 23.6 Å². The van der Waals surface area contributed by atoms with E-state index < -0.39 is 0 Å². The molecule has 0 amide bonds. The predicted octanol–water partition coefficient (Wildman–Crippen LogP) is 3.31. The fourth-order valence-electron chi connectivity index (χ4n) is 1.52. The van der Waals surface area contributed by atoms with Crippen LogP contribution in [0.2, 0.25) is 0 Å². The molecule has 0 aliphatic rings. The molecule has 2 aromatic rings. The fourth-order valence-corrected chi connectivity index (χ4v) is 2.45. The second-order valence-corrected chi connectivity index (χ2v) is 6.30. The molecule has 1 heterocycles. The molecule has 0 atom stereocenters. The molecule has 1 aromatic heterocycles. The number of ether oxygens (including phenoxy) is 1. The van der Waals surface area contributed by atoms with Crippen LogP contribution < -0.4 is 10.5 Å². The number of rotatable bonds is 3. The van der Waals surface area contributed by atoms with Crippen LogP contribution in [0.4, 0.5) is 5.69 Å². The standard InChI is InChI=1S/C14H18N2O2S/c1-14(2,3)11-8-19-12(16-11)7-18-10-6-4-5-9(17)13(10)15/h4-6,8,17H,7,15H2,1-3H3. The first-order chi connectivity index (χ1) is 8.88. The zero-order chi connectivity index (χ0) is 14.0. The highest BCUT2D eigenvalue weighted by Gasteiger charge is 2.17. The highest BCUT2D eigenvalue weighted by molar-refractivity contribution is 7.09. The summed E-state index contributed by atoms with van der Waals surface area (Å²) in [6, 6.07) is 4.96. The molecule has 2 rings (SSSR count). The predicted molar refractivity (Wildman–Crippen MR) is 77.7 cm³/mol. The van der Waals surface area contributed by atoms with Gasteiger partial charge in [0, 0.05) is 10.8 Å². The summed E-state index contributed by atoms with van der Waals surface area (Å²) in [4.78, 5) is 4.54. The lowest BCUT2D eigenvalue weighted by atomic mass is 9.93. The number of anilines is 1. The lowest BCUT2D eigenvalue weighted by Crippen LogP contribution is -2.11. The third kappa shape index (κ3) is 3.17. The minimum atomic E-state index is 0.0343. The third-order valence-electron chi connectivity index (χ3n) is 2.71. The Morgan fingerprint density at radius 2 is 2.11 bits per heavy atom. The molecule has 0 spiro atoms. The van der Waals surface area contributed by atoms with Crippen molar-refractivity contribution in [1.82, 2.24) is 4.98 Å². The van der Waals surface area contributed by atoms with Crippen molar-refractivity contribution in [2.75, 3.05) is 5.73 Å². The number of phenols is 1. The Bertz CT molecular complexity index is 573. The van der Waals surface area contributed by atoms with Crippen molar-refractivity contribution in [2.24, 2.45) is 0 Å². The summed E-state index contributed by atoms with van der Waals surface area (Å²) >= 11 is 1.57. The summed E-state index contributed by atoms with van der Waals surface area (Å²) in [5, 5.41) is 12.4. The minimum Gasteiger partial charge on any atom is -0.506 e. The molecule has 3 N–H and O–H groups in total. The molecule has 5 heteroatoms. The van der Waals surface area contributed by atoms with E-state index in [1.54, 1.807) is 23.5 Å². The summed E-state index contributed by atoms with van der Waals surface area (Å²) in [6.07, 6.45) is 0. The van der Waals surface area contributed by atoms with Gasteiger partial charge in [-0.1, -0.05) is 26.8 Å². The molecular formula is C14H18N2O2S. The fraction of sp³-hybridized carbons (Fsp3) is 0.357. The summed E-state index contributed by atoms with van der Waals surface area (Å²) in [5.74, 6) is 0.513. The topological polar surface area (TPSA) is 68.4 Å². The number of hydrogen-bond donors (Lipinski definition) is 2. The Hall–Kier alpha value is -1.75. The molecule has 0 aliphatic heterocycles. The van der Waals surface area contributed by atoms with Crippen LogP contribution in [0, 0.1) is 0 Å². The minimum absolute atomic E-state index is 0.0343. The van der Waals surface area contributed by atoms with Gasteiger partial charge < -0.3 is 15.6 Å². The number of hydrogen-bond acceptors (Lipinski definition) is 5. The van der Waals surface area contributed by atoms with Crippen LogP contribution >= 0.6 is 11.3 Å². The first-order valence-corrected chi connectivity index (χ1v) is 6.91. The summed E-state index contributed by atoms with van der Waals surface area (Å²) < 4.78 is 5.59. The van der Waals surface area contributed by atoms with E-state index in [0.717, 1.165) is 10.7 Å². The summed E-state index contributed by atoms with van der Waals surface area (Å²) in [7, 11) is 0. The zero-order valence-corrected chi connectivity index (χ0v) is 12.1. The first kappa shape index (κ1) is 13.7. The van der Waals surface area contributed by atoms with Crippen molar-refractivity contribution in [3.63, 3.8) is 0 Å². The number of benzene rings is 1. The van der Waals surface area contributed by atoms with Crippen molar-refractivity contribution in [3.8, 4) is 11.5 Å². The van der Waals surface area contributed by atoms with Gasteiger partial charge in [0.25, 0.3) is 0 Å². The van der Waals surface area contributed by atoms with E-state index in [2.05, 4.69) is 25.8 Å². The first-order valence-electron chi connectivity index (χ1n) is 6.03. The van der Waals surface area contributed by atoms with Gasteiger partial charge in [0.1, 0.15) is 28.8 Å². The molecule has 19 heavy (non-hydrogen) atoms. The van der Waals surface area contributed by atoms with Crippen molar-refractivity contribution in [1.29, 1.82) is 0 Å². The van der Waals surface area contributed by atoms with E-state index in [0.29, 0.717) is 12.4 Å². The highest BCUT2D eigenvalue weighted by Crippen LogP contribution is 2.31. The summed E-state index contributed by atoms with van der Waals surface area (Å²) in [5.41, 5.74) is 7.08. The van der Waals surface area contributed by atoms with Crippen molar-refractivity contribution < 1.29 is 9.84 Å². The lowest BCUT2D eigenvalue weighted by molar-refractivity contribution is 0.305. The Kier molecular flexibility index (Phi) is 3.66. The van der Waals surface area contributed by atoms with E-state index in [4.69, 9.17) is 10.5 Å². The molecule has 0 saturated heterocycles. The van der Waals surface area contributed by atoms with E-state index in [9.17, 15) is 5.11 Å². The van der Waals surface area contributed by atoms with Gasteiger partial charge in [-0.05, 0) is 12.1 Å². The zero-order valence-electron chi connectivity index (χ0n) is 11.3. The van der Waals surface area contributed by atoms with E-state index >= 15 is 0 Å². The number of phenolic OH excluding ortho intramolecular Hbond substituents is 1. The number of para-hydroxylation sites is 1. The van der Waals surface area contributed by atoms with Crippen LogP contribution in [0.3, 0.4) is 0 Å². The van der Waals surface area contributed by atoms with Gasteiger partial charge in [-0.25, -0.2) is 4.98 Å². The molecule has 4 nitrogen and oxygen atoms in total. The van der Waals surface area contributed by atoms with Gasteiger partial charge in [0.05, 0.1) is 5.69 Å². The maximum Gasteiger partial charge on any atom is 0.146 e. The van der Waals surface area contributed by atoms with Crippen molar-refractivity contribution in [2.45, 2.75) is 32.8 Å². The number of nitrogens with two attached hydrogens (primary N) is 1. The quantitative estimate of drug-likeness (QED) is 0.667. The normalized spacial score (nSPS) is 11.5. The molecule has 0 radical (unpaired) electrons. The van der Waals surface area contributed by atoms with Gasteiger partial charge in [0.2, 0.25) is 0 Å². The van der Waals surface area contributed by atoms with Crippen molar-refractivity contribution in [3.05, 3.63) is 34.3 Å². The molecule has 1 aromatic carbocycles. The molecule has 0 bridgehead atoms. The number of aromatic hydroxyl groups is 1. The molecular weight excluding hydrogens is 260 g/mol. The number of nitrogens with zero attached hydrogens (tertiary/aromatic N) is 1. The number of nitrogen functional groups attached to an aromatic ring is 1. The number of aromatic nitrogens is 1. The van der Waals surface area contributed by atoms with E-state index in [1.807, 2.05) is 5.38 Å². The van der Waals surface area contributed by atoms with Crippen LogP contribution in [0.25, 0.3) is 0 Å². The SMILES string of the molecule is CC(C)(C)c1csc(COc2cccc(O)c2N)n1. The maximum atomic E-state index is 9.49. The molecule has 0 aliphatic carbocycles. The summed E-state index contributed by atoms with van der Waals surface area (Å²) in [6.45, 7) is 6.73. The van der Waals surface area contributed by atoms with Crippen LogP contribution in [0.5, 0.6) is 11.5 Å². The van der Waals surface area contributed by atoms with Gasteiger partial charge in [-0.15, -0.1) is 11.3 Å². The molecule has 102 valence electrons. The van der Waals surface area contributed by atoms with Crippen LogP contribution in [-0.2, 0) is 12.0 Å². The monoisotopic (exact) mass is 278 g/mol. The van der Waals surface area contributed by atoms with Gasteiger partial charge >= 0.3 is 0 Å². The molecule has 0 saturated carbocycles. The smallest absolute Gasteiger partial charge is 0.146 e. The van der Waals surface area contributed by atoms with Gasteiger partial charge in [-0.3, -0.25) is 0 Å². The van der Waals surface area contributed by atoms with Crippen LogP contribution in [0.1, 0.15) is 31.5 Å². The van der Waals surface area contributed by atoms with E-state index in [-0.39, 0.29) is 16.9 Å². The Labute approximate surface area is 116 Å². The van der Waals surface area contributed by atoms with Gasteiger partial charge in [-0.2, -0.15) is 0 Å². The lowest BCUT2D eigenvalue weighted by Gasteiger charge is -2.14. The van der Waals surface area contributed by atoms with Gasteiger partial charge in [0.15, 0.2) is 0 Å². The number of thiazole rings is 1. The van der Waals surface area contributed by atoms with Crippen molar-refractivity contribution >= 4 is 17.0 Å². The Morgan fingerprint density at radius 1 is 1.37 bits per heavy atom. The molecule has 0 fully saturated rings. The van der Waals surface area contributed by atoms with E-state index in [1.165, 1.54) is 6.07 Å². The second-order valence-electron chi connectivity index (χ2n) is 5.35.